The zero-order valence-corrected chi connectivity index (χ0v) is 15.4. The third-order valence-electron chi connectivity index (χ3n) is 4.92. The minimum absolute atomic E-state index is 0.0538. The molecule has 0 radical (unpaired) electrons. The molecule has 1 N–H and O–H groups in total. The first-order valence-electron chi connectivity index (χ1n) is 9.17. The molecule has 28 heavy (non-hydrogen) atoms. The molecule has 1 saturated heterocycles. The first-order chi connectivity index (χ1) is 13.5. The van der Waals surface area contributed by atoms with Crippen LogP contribution in [0.4, 0.5) is 14.6 Å². The zero-order chi connectivity index (χ0) is 19.7. The van der Waals surface area contributed by atoms with Crippen LogP contribution in [0.3, 0.4) is 0 Å². The fourth-order valence-electron chi connectivity index (χ4n) is 3.41. The highest BCUT2D eigenvalue weighted by atomic mass is 19.3. The van der Waals surface area contributed by atoms with E-state index in [-0.39, 0.29) is 11.7 Å². The van der Waals surface area contributed by atoms with Gasteiger partial charge in [-0.05, 0) is 31.0 Å². The normalized spacial score (nSPS) is 16.9. The van der Waals surface area contributed by atoms with Gasteiger partial charge in [-0.3, -0.25) is 4.79 Å². The van der Waals surface area contributed by atoms with E-state index in [0.717, 1.165) is 5.56 Å². The second-order valence-electron chi connectivity index (χ2n) is 6.98. The summed E-state index contributed by atoms with van der Waals surface area (Å²) >= 11 is 0. The summed E-state index contributed by atoms with van der Waals surface area (Å²) < 4.78 is 26.3. The van der Waals surface area contributed by atoms with Crippen molar-refractivity contribution in [3.8, 4) is 0 Å². The summed E-state index contributed by atoms with van der Waals surface area (Å²) in [5.74, 6) is -0.318. The lowest BCUT2D eigenvalue weighted by molar-refractivity contribution is -0.128. The van der Waals surface area contributed by atoms with Gasteiger partial charge in [-0.2, -0.15) is 0 Å². The topological polar surface area (TPSA) is 58.1 Å². The number of halogens is 2. The van der Waals surface area contributed by atoms with Crippen LogP contribution >= 0.6 is 0 Å². The number of nitrogens with zero attached hydrogens (tertiary/aromatic N) is 3. The van der Waals surface area contributed by atoms with Crippen molar-refractivity contribution in [2.24, 2.45) is 0 Å². The molecule has 1 aliphatic heterocycles. The maximum Gasteiger partial charge on any atom is 0.297 e. The third-order valence-corrected chi connectivity index (χ3v) is 4.92. The van der Waals surface area contributed by atoms with Gasteiger partial charge in [0.25, 0.3) is 6.43 Å². The Bertz CT molecular complexity index is 1010. The number of para-hydroxylation sites is 1. The summed E-state index contributed by atoms with van der Waals surface area (Å²) in [7, 11) is 0. The molecule has 2 aromatic carbocycles. The van der Waals surface area contributed by atoms with E-state index < -0.39 is 18.3 Å². The number of nitrogens with one attached hydrogen (secondary N) is 1. The van der Waals surface area contributed by atoms with E-state index in [1.807, 2.05) is 31.2 Å². The van der Waals surface area contributed by atoms with Gasteiger partial charge in [0.2, 0.25) is 5.91 Å². The molecule has 0 bridgehead atoms. The predicted molar refractivity (Wildman–Crippen MR) is 103 cm³/mol. The Hall–Kier alpha value is -3.09. The summed E-state index contributed by atoms with van der Waals surface area (Å²) in [6.45, 7) is 3.16. The number of anilines is 1. The van der Waals surface area contributed by atoms with Crippen LogP contribution in [0.2, 0.25) is 0 Å². The minimum Gasteiger partial charge on any atom is -0.358 e. The second-order valence-corrected chi connectivity index (χ2v) is 6.98. The average molecular weight is 382 g/mol. The minimum atomic E-state index is -2.78. The highest BCUT2D eigenvalue weighted by molar-refractivity contribution is 5.93. The van der Waals surface area contributed by atoms with Crippen molar-refractivity contribution < 1.29 is 13.6 Å². The van der Waals surface area contributed by atoms with Crippen molar-refractivity contribution >= 4 is 22.6 Å². The number of amides is 1. The van der Waals surface area contributed by atoms with E-state index in [2.05, 4.69) is 15.3 Å². The fourth-order valence-corrected chi connectivity index (χ4v) is 3.41. The highest BCUT2D eigenvalue weighted by Crippen LogP contribution is 2.27. The third kappa shape index (κ3) is 3.65. The standard InChI is InChI=1S/C21H20F2N4O/c1-13-6-8-14(9-7-13)12-27-11-10-17(21(27)28)25-19-15-4-2-3-5-16(15)24-20(26-19)18(22)23/h2-9,17-18H,10-12H2,1H3,(H,24,25,26). The lowest BCUT2D eigenvalue weighted by Gasteiger charge is -2.18. The monoisotopic (exact) mass is 382 g/mol. The number of carbonyl (C=O) groups excluding carboxylic acids is 1. The van der Waals surface area contributed by atoms with Gasteiger partial charge >= 0.3 is 0 Å². The Morgan fingerprint density at radius 3 is 2.64 bits per heavy atom. The van der Waals surface area contributed by atoms with Gasteiger partial charge in [-0.25, -0.2) is 18.7 Å². The maximum atomic E-state index is 13.2. The summed E-state index contributed by atoms with van der Waals surface area (Å²) in [5.41, 5.74) is 2.66. The summed E-state index contributed by atoms with van der Waals surface area (Å²) in [6, 6.07) is 14.5. The van der Waals surface area contributed by atoms with Crippen molar-refractivity contribution in [3.63, 3.8) is 0 Å². The Morgan fingerprint density at radius 2 is 1.89 bits per heavy atom. The largest absolute Gasteiger partial charge is 0.358 e. The highest BCUT2D eigenvalue weighted by Gasteiger charge is 2.32. The van der Waals surface area contributed by atoms with Gasteiger partial charge < -0.3 is 10.2 Å². The Labute approximate surface area is 161 Å². The van der Waals surface area contributed by atoms with Gasteiger partial charge in [0.15, 0.2) is 5.82 Å². The molecular weight excluding hydrogens is 362 g/mol. The summed E-state index contributed by atoms with van der Waals surface area (Å²) in [5, 5.41) is 3.70. The Kier molecular flexibility index (Phi) is 4.90. The molecule has 1 unspecified atom stereocenters. The smallest absolute Gasteiger partial charge is 0.297 e. The lowest BCUT2D eigenvalue weighted by atomic mass is 10.1. The molecule has 1 amide bonds. The number of hydrogen-bond acceptors (Lipinski definition) is 4. The van der Waals surface area contributed by atoms with E-state index in [1.54, 1.807) is 29.2 Å². The second kappa shape index (κ2) is 7.50. The number of hydrogen-bond donors (Lipinski definition) is 1. The number of likely N-dealkylation sites (tertiary alicyclic amines) is 1. The number of carbonyl (C=O) groups is 1. The fraction of sp³-hybridized carbons (Fsp3) is 0.286. The van der Waals surface area contributed by atoms with Crippen LogP contribution in [0.25, 0.3) is 10.9 Å². The molecule has 1 fully saturated rings. The molecule has 5 nitrogen and oxygen atoms in total. The van der Waals surface area contributed by atoms with Crippen molar-refractivity contribution in [1.82, 2.24) is 14.9 Å². The number of alkyl halides is 2. The predicted octanol–water partition coefficient (Wildman–Crippen LogP) is 4.09. The van der Waals surface area contributed by atoms with Gasteiger partial charge in [-0.1, -0.05) is 42.0 Å². The average Bonchev–Trinajstić information content (AvgIpc) is 3.03. The number of fused-ring (bicyclic) bond motifs is 1. The van der Waals surface area contributed by atoms with E-state index >= 15 is 0 Å². The van der Waals surface area contributed by atoms with E-state index in [0.29, 0.717) is 30.4 Å². The molecule has 4 rings (SSSR count). The molecule has 3 aromatic rings. The first-order valence-corrected chi connectivity index (χ1v) is 9.17. The van der Waals surface area contributed by atoms with Crippen molar-refractivity contribution in [2.75, 3.05) is 11.9 Å². The summed E-state index contributed by atoms with van der Waals surface area (Å²) in [6.07, 6.45) is -2.19. The molecule has 0 saturated carbocycles. The molecule has 1 aromatic heterocycles. The molecular formula is C21H20F2N4O. The number of aromatic nitrogens is 2. The van der Waals surface area contributed by atoms with Gasteiger partial charge in [0, 0.05) is 18.5 Å². The molecule has 0 aliphatic carbocycles. The number of aryl methyl sites for hydroxylation is 1. The van der Waals surface area contributed by atoms with Gasteiger partial charge in [0.1, 0.15) is 11.9 Å². The SMILES string of the molecule is Cc1ccc(CN2CCC(Nc3nc(C(F)F)nc4ccccc34)C2=O)cc1. The van der Waals surface area contributed by atoms with Crippen LogP contribution in [-0.2, 0) is 11.3 Å². The Balaban J connectivity index is 1.55. The molecule has 7 heteroatoms. The summed E-state index contributed by atoms with van der Waals surface area (Å²) in [4.78, 5) is 22.5. The van der Waals surface area contributed by atoms with Crippen LogP contribution in [0.1, 0.15) is 29.8 Å². The molecule has 0 spiro atoms. The van der Waals surface area contributed by atoms with Crippen LogP contribution in [0.5, 0.6) is 0 Å². The van der Waals surface area contributed by atoms with Gasteiger partial charge in [-0.15, -0.1) is 0 Å². The maximum absolute atomic E-state index is 13.2. The quantitative estimate of drug-likeness (QED) is 0.722. The van der Waals surface area contributed by atoms with E-state index in [4.69, 9.17) is 0 Å². The van der Waals surface area contributed by atoms with Gasteiger partial charge in [0.05, 0.1) is 5.52 Å². The van der Waals surface area contributed by atoms with Crippen molar-refractivity contribution in [1.29, 1.82) is 0 Å². The van der Waals surface area contributed by atoms with E-state index in [1.165, 1.54) is 5.56 Å². The Morgan fingerprint density at radius 1 is 1.14 bits per heavy atom. The first kappa shape index (κ1) is 18.3. The van der Waals surface area contributed by atoms with Crippen molar-refractivity contribution in [3.05, 3.63) is 65.5 Å². The van der Waals surface area contributed by atoms with Crippen LogP contribution < -0.4 is 5.32 Å². The molecule has 1 atom stereocenters. The van der Waals surface area contributed by atoms with E-state index in [9.17, 15) is 13.6 Å². The molecule has 144 valence electrons. The molecule has 2 heterocycles. The lowest BCUT2D eigenvalue weighted by Crippen LogP contribution is -2.33. The number of rotatable bonds is 5. The van der Waals surface area contributed by atoms with Crippen molar-refractivity contribution in [2.45, 2.75) is 32.4 Å². The van der Waals surface area contributed by atoms with Crippen LogP contribution in [0, 0.1) is 6.92 Å². The number of benzene rings is 2. The zero-order valence-electron chi connectivity index (χ0n) is 15.4. The van der Waals surface area contributed by atoms with Crippen LogP contribution in [0.15, 0.2) is 48.5 Å². The molecule has 1 aliphatic rings. The van der Waals surface area contributed by atoms with Crippen LogP contribution in [-0.4, -0.2) is 33.4 Å².